The maximum absolute atomic E-state index is 12.3. The minimum absolute atomic E-state index is 0.101. The predicted octanol–water partition coefficient (Wildman–Crippen LogP) is 6.14. The summed E-state index contributed by atoms with van der Waals surface area (Å²) in [5.41, 5.74) is 2.69. The van der Waals surface area contributed by atoms with Crippen LogP contribution in [0.4, 0.5) is 11.4 Å². The molecule has 8 heteroatoms. The SMILES string of the molecule is O=C(CSC1=Nc2cc(Cl)ccc2C1)Nc1ccc(Oc2cccnc2Cl)cc1. The first-order valence-electron chi connectivity index (χ1n) is 8.74. The van der Waals surface area contributed by atoms with Crippen LogP contribution in [0.25, 0.3) is 0 Å². The number of nitrogens with zero attached hydrogens (tertiary/aromatic N) is 2. The summed E-state index contributed by atoms with van der Waals surface area (Å²) >= 11 is 13.4. The van der Waals surface area contributed by atoms with Crippen molar-refractivity contribution in [2.24, 2.45) is 4.99 Å². The lowest BCUT2D eigenvalue weighted by Crippen LogP contribution is -2.15. The van der Waals surface area contributed by atoms with Crippen LogP contribution in [0.1, 0.15) is 5.56 Å². The van der Waals surface area contributed by atoms with E-state index in [-0.39, 0.29) is 11.7 Å². The molecule has 0 saturated heterocycles. The number of aliphatic imine (C=N–C) groups is 1. The number of nitrogens with one attached hydrogen (secondary N) is 1. The molecule has 2 aromatic carbocycles. The van der Waals surface area contributed by atoms with Crippen LogP contribution >= 0.6 is 35.0 Å². The van der Waals surface area contributed by atoms with Crippen molar-refractivity contribution < 1.29 is 9.53 Å². The number of amides is 1. The Hall–Kier alpha value is -2.54. The molecule has 0 aliphatic carbocycles. The quantitative estimate of drug-likeness (QED) is 0.481. The van der Waals surface area contributed by atoms with Crippen LogP contribution < -0.4 is 10.1 Å². The number of halogens is 2. The molecule has 0 unspecified atom stereocenters. The van der Waals surface area contributed by atoms with Crippen molar-refractivity contribution in [1.29, 1.82) is 0 Å². The maximum atomic E-state index is 12.3. The molecule has 0 fully saturated rings. The number of aromatic nitrogens is 1. The third-order valence-electron chi connectivity index (χ3n) is 4.09. The molecular weight excluding hydrogens is 429 g/mol. The zero-order chi connectivity index (χ0) is 20.2. The molecule has 5 nitrogen and oxygen atoms in total. The van der Waals surface area contributed by atoms with Gasteiger partial charge in [0.05, 0.1) is 16.5 Å². The van der Waals surface area contributed by atoms with Crippen molar-refractivity contribution >= 4 is 57.3 Å². The van der Waals surface area contributed by atoms with Gasteiger partial charge >= 0.3 is 0 Å². The van der Waals surface area contributed by atoms with Crippen molar-refractivity contribution in [3.63, 3.8) is 0 Å². The van der Waals surface area contributed by atoms with Gasteiger partial charge < -0.3 is 10.1 Å². The van der Waals surface area contributed by atoms with E-state index in [1.165, 1.54) is 11.8 Å². The normalized spacial score (nSPS) is 12.3. The van der Waals surface area contributed by atoms with Crippen molar-refractivity contribution in [1.82, 2.24) is 4.98 Å². The van der Waals surface area contributed by atoms with E-state index in [9.17, 15) is 4.79 Å². The second kappa shape index (κ2) is 8.86. The highest BCUT2D eigenvalue weighted by atomic mass is 35.5. The zero-order valence-electron chi connectivity index (χ0n) is 15.1. The van der Waals surface area contributed by atoms with Gasteiger partial charge in [0.25, 0.3) is 0 Å². The number of hydrogen-bond donors (Lipinski definition) is 1. The Kier molecular flexibility index (Phi) is 6.04. The van der Waals surface area contributed by atoms with E-state index in [0.29, 0.717) is 27.4 Å². The number of carbonyl (C=O) groups excluding carboxylic acids is 1. The molecule has 0 saturated carbocycles. The van der Waals surface area contributed by atoms with Crippen LogP contribution in [0.3, 0.4) is 0 Å². The third kappa shape index (κ3) is 5.09. The van der Waals surface area contributed by atoms with Gasteiger partial charge in [-0.25, -0.2) is 9.98 Å². The molecule has 0 radical (unpaired) electrons. The van der Waals surface area contributed by atoms with Crippen LogP contribution in [0.5, 0.6) is 11.5 Å². The number of benzene rings is 2. The predicted molar refractivity (Wildman–Crippen MR) is 119 cm³/mol. The van der Waals surface area contributed by atoms with E-state index in [2.05, 4.69) is 15.3 Å². The molecule has 1 amide bonds. The Balaban J connectivity index is 1.29. The Morgan fingerprint density at radius 2 is 1.97 bits per heavy atom. The zero-order valence-corrected chi connectivity index (χ0v) is 17.4. The highest BCUT2D eigenvalue weighted by Crippen LogP contribution is 2.32. The number of anilines is 1. The average Bonchev–Trinajstić information content (AvgIpc) is 3.12. The largest absolute Gasteiger partial charge is 0.454 e. The number of rotatable bonds is 5. The van der Waals surface area contributed by atoms with Gasteiger partial charge in [0.1, 0.15) is 5.75 Å². The molecule has 2 heterocycles. The summed E-state index contributed by atoms with van der Waals surface area (Å²) in [6.07, 6.45) is 2.32. The number of fused-ring (bicyclic) bond motifs is 1. The molecule has 3 aromatic rings. The molecule has 146 valence electrons. The van der Waals surface area contributed by atoms with Gasteiger partial charge in [-0.1, -0.05) is 29.3 Å². The highest BCUT2D eigenvalue weighted by Gasteiger charge is 2.16. The molecule has 29 heavy (non-hydrogen) atoms. The lowest BCUT2D eigenvalue weighted by atomic mass is 10.2. The van der Waals surface area contributed by atoms with Gasteiger partial charge in [-0.15, -0.1) is 11.8 Å². The average molecular weight is 444 g/mol. The second-order valence-electron chi connectivity index (χ2n) is 6.21. The van der Waals surface area contributed by atoms with Gasteiger partial charge in [0, 0.05) is 23.3 Å². The van der Waals surface area contributed by atoms with E-state index in [1.54, 1.807) is 42.6 Å². The molecule has 1 N–H and O–H groups in total. The number of thioether (sulfide) groups is 1. The topological polar surface area (TPSA) is 63.6 Å². The summed E-state index contributed by atoms with van der Waals surface area (Å²) in [5, 5.41) is 4.73. The summed E-state index contributed by atoms with van der Waals surface area (Å²) in [6.45, 7) is 0. The standard InChI is InChI=1S/C21H15Cl2N3O2S/c22-14-4-3-13-10-20(26-17(13)11-14)29-12-19(27)25-15-5-7-16(8-6-15)28-18-2-1-9-24-21(18)23/h1-9,11H,10,12H2,(H,25,27). The third-order valence-corrected chi connectivity index (χ3v) is 5.59. The fourth-order valence-corrected chi connectivity index (χ4v) is 3.85. The lowest BCUT2D eigenvalue weighted by Gasteiger charge is -2.08. The fraction of sp³-hybridized carbons (Fsp3) is 0.0952. The van der Waals surface area contributed by atoms with Crippen LogP contribution in [0.2, 0.25) is 10.2 Å². The van der Waals surface area contributed by atoms with Crippen LogP contribution in [0, 0.1) is 0 Å². The smallest absolute Gasteiger partial charge is 0.234 e. The van der Waals surface area contributed by atoms with Gasteiger partial charge in [-0.05, 0) is 54.1 Å². The molecular formula is C21H15Cl2N3O2S. The van der Waals surface area contributed by atoms with E-state index in [0.717, 1.165) is 22.7 Å². The Labute approximate surface area is 182 Å². The number of pyridine rings is 1. The van der Waals surface area contributed by atoms with Crippen molar-refractivity contribution in [2.45, 2.75) is 6.42 Å². The molecule has 1 aromatic heterocycles. The molecule has 4 rings (SSSR count). The van der Waals surface area contributed by atoms with Gasteiger partial charge in [0.15, 0.2) is 10.9 Å². The van der Waals surface area contributed by atoms with Crippen molar-refractivity contribution in [3.8, 4) is 11.5 Å². The van der Waals surface area contributed by atoms with Crippen molar-refractivity contribution in [2.75, 3.05) is 11.1 Å². The van der Waals surface area contributed by atoms with E-state index in [4.69, 9.17) is 27.9 Å². The fourth-order valence-electron chi connectivity index (χ4n) is 2.74. The minimum atomic E-state index is -0.101. The summed E-state index contributed by atoms with van der Waals surface area (Å²) in [7, 11) is 0. The van der Waals surface area contributed by atoms with E-state index >= 15 is 0 Å². The Bertz CT molecular complexity index is 1090. The van der Waals surface area contributed by atoms with Gasteiger partial charge in [-0.2, -0.15) is 0 Å². The second-order valence-corrected chi connectivity index (χ2v) is 8.05. The Morgan fingerprint density at radius 3 is 2.76 bits per heavy atom. The molecule has 1 aliphatic rings. The summed E-state index contributed by atoms with van der Waals surface area (Å²) in [6, 6.07) is 16.2. The molecule has 0 bridgehead atoms. The molecule has 1 aliphatic heterocycles. The van der Waals surface area contributed by atoms with Crippen molar-refractivity contribution in [3.05, 3.63) is 76.5 Å². The molecule has 0 atom stereocenters. The van der Waals surface area contributed by atoms with Crippen LogP contribution in [-0.2, 0) is 11.2 Å². The van der Waals surface area contributed by atoms with Crippen LogP contribution in [-0.4, -0.2) is 21.7 Å². The summed E-state index contributed by atoms with van der Waals surface area (Å²) < 4.78 is 5.69. The summed E-state index contributed by atoms with van der Waals surface area (Å²) in [5.74, 6) is 1.26. The monoisotopic (exact) mass is 443 g/mol. The summed E-state index contributed by atoms with van der Waals surface area (Å²) in [4.78, 5) is 20.8. The van der Waals surface area contributed by atoms with Gasteiger partial charge in [0.2, 0.25) is 5.91 Å². The van der Waals surface area contributed by atoms with E-state index < -0.39 is 0 Å². The number of ether oxygens (including phenoxy) is 1. The first-order valence-corrected chi connectivity index (χ1v) is 10.5. The Morgan fingerprint density at radius 1 is 1.14 bits per heavy atom. The van der Waals surface area contributed by atoms with E-state index in [1.807, 2.05) is 18.2 Å². The van der Waals surface area contributed by atoms with Gasteiger partial charge in [-0.3, -0.25) is 4.79 Å². The minimum Gasteiger partial charge on any atom is -0.454 e. The number of hydrogen-bond acceptors (Lipinski definition) is 5. The first kappa shape index (κ1) is 19.8. The highest BCUT2D eigenvalue weighted by molar-refractivity contribution is 8.14. The number of carbonyl (C=O) groups is 1. The first-order chi connectivity index (χ1) is 14.1. The van der Waals surface area contributed by atoms with Crippen LogP contribution in [0.15, 0.2) is 65.8 Å². The molecule has 0 spiro atoms. The lowest BCUT2D eigenvalue weighted by molar-refractivity contribution is -0.113. The maximum Gasteiger partial charge on any atom is 0.234 e.